The molecule has 0 saturated heterocycles. The first kappa shape index (κ1) is 10.8. The molecule has 1 aromatic carbocycles. The maximum atomic E-state index is 5.49. The molecule has 1 aromatic heterocycles. The number of aryl methyl sites for hydroxylation is 1. The molecule has 0 aliphatic rings. The molecule has 0 saturated carbocycles. The highest BCUT2D eigenvalue weighted by molar-refractivity contribution is 5.24. The molecule has 0 amide bonds. The van der Waals surface area contributed by atoms with Crippen molar-refractivity contribution in [3.8, 4) is 0 Å². The van der Waals surface area contributed by atoms with Crippen LogP contribution in [0.3, 0.4) is 0 Å². The highest BCUT2D eigenvalue weighted by Gasteiger charge is 2.06. The van der Waals surface area contributed by atoms with Crippen molar-refractivity contribution in [1.82, 2.24) is 20.2 Å². The van der Waals surface area contributed by atoms with Crippen molar-refractivity contribution in [2.75, 3.05) is 6.54 Å². The Morgan fingerprint density at radius 3 is 3.00 bits per heavy atom. The maximum absolute atomic E-state index is 5.49. The lowest BCUT2D eigenvalue weighted by atomic mass is 10.1. The summed E-state index contributed by atoms with van der Waals surface area (Å²) in [5.41, 5.74) is 7.95. The fourth-order valence-corrected chi connectivity index (χ4v) is 1.65. The van der Waals surface area contributed by atoms with Crippen LogP contribution in [-0.4, -0.2) is 26.8 Å². The lowest BCUT2D eigenvalue weighted by Gasteiger charge is -2.03. The first-order chi connectivity index (χ1) is 7.79. The van der Waals surface area contributed by atoms with E-state index in [1.807, 2.05) is 6.07 Å². The van der Waals surface area contributed by atoms with Crippen molar-refractivity contribution >= 4 is 0 Å². The van der Waals surface area contributed by atoms with Gasteiger partial charge in [-0.3, -0.25) is 0 Å². The van der Waals surface area contributed by atoms with Crippen molar-refractivity contribution < 1.29 is 0 Å². The van der Waals surface area contributed by atoms with Gasteiger partial charge < -0.3 is 5.73 Å². The SMILES string of the molecule is Cc1cccc(Cc2nnnn2CCN)c1. The van der Waals surface area contributed by atoms with Gasteiger partial charge in [0.1, 0.15) is 0 Å². The van der Waals surface area contributed by atoms with Gasteiger partial charge in [0.25, 0.3) is 0 Å². The molecule has 1 heterocycles. The summed E-state index contributed by atoms with van der Waals surface area (Å²) in [6.45, 7) is 3.28. The third kappa shape index (κ3) is 2.43. The number of nitrogens with two attached hydrogens (primary N) is 1. The molecule has 84 valence electrons. The molecule has 5 nitrogen and oxygen atoms in total. The van der Waals surface area contributed by atoms with E-state index in [-0.39, 0.29) is 0 Å². The van der Waals surface area contributed by atoms with E-state index in [2.05, 4.69) is 40.6 Å². The Kier molecular flexibility index (Phi) is 3.26. The molecule has 2 N–H and O–H groups in total. The van der Waals surface area contributed by atoms with Crippen LogP contribution >= 0.6 is 0 Å². The Morgan fingerprint density at radius 1 is 1.38 bits per heavy atom. The first-order valence-electron chi connectivity index (χ1n) is 5.30. The summed E-state index contributed by atoms with van der Waals surface area (Å²) in [6, 6.07) is 8.34. The van der Waals surface area contributed by atoms with Gasteiger partial charge in [0.15, 0.2) is 5.82 Å². The molecule has 0 unspecified atom stereocenters. The molecule has 16 heavy (non-hydrogen) atoms. The normalized spacial score (nSPS) is 10.6. The lowest BCUT2D eigenvalue weighted by molar-refractivity contribution is 0.578. The number of hydrogen-bond donors (Lipinski definition) is 1. The van der Waals surface area contributed by atoms with Gasteiger partial charge in [-0.25, -0.2) is 4.68 Å². The van der Waals surface area contributed by atoms with Crippen molar-refractivity contribution in [2.24, 2.45) is 5.73 Å². The highest BCUT2D eigenvalue weighted by Crippen LogP contribution is 2.08. The Morgan fingerprint density at radius 2 is 2.25 bits per heavy atom. The zero-order chi connectivity index (χ0) is 11.4. The van der Waals surface area contributed by atoms with Gasteiger partial charge in [-0.05, 0) is 22.9 Å². The van der Waals surface area contributed by atoms with E-state index in [4.69, 9.17) is 5.73 Å². The fraction of sp³-hybridized carbons (Fsp3) is 0.364. The smallest absolute Gasteiger partial charge is 0.155 e. The third-order valence-corrected chi connectivity index (χ3v) is 2.39. The van der Waals surface area contributed by atoms with Crippen LogP contribution in [0.1, 0.15) is 17.0 Å². The quantitative estimate of drug-likeness (QED) is 0.811. The number of aromatic nitrogens is 4. The van der Waals surface area contributed by atoms with Crippen LogP contribution in [0, 0.1) is 6.92 Å². The molecule has 0 spiro atoms. The molecule has 0 aliphatic heterocycles. The lowest BCUT2D eigenvalue weighted by Crippen LogP contribution is -2.14. The van der Waals surface area contributed by atoms with E-state index >= 15 is 0 Å². The molecular formula is C11H15N5. The van der Waals surface area contributed by atoms with Crippen LogP contribution in [0.25, 0.3) is 0 Å². The van der Waals surface area contributed by atoms with Crippen molar-refractivity contribution in [2.45, 2.75) is 19.9 Å². The standard InChI is InChI=1S/C11H15N5/c1-9-3-2-4-10(7-9)8-11-13-14-15-16(11)6-5-12/h2-4,7H,5-6,8,12H2,1H3. The maximum Gasteiger partial charge on any atom is 0.155 e. The minimum atomic E-state index is 0.547. The second-order valence-electron chi connectivity index (χ2n) is 3.77. The van der Waals surface area contributed by atoms with Crippen LogP contribution in [0.5, 0.6) is 0 Å². The fourth-order valence-electron chi connectivity index (χ4n) is 1.65. The molecule has 0 fully saturated rings. The molecule has 0 atom stereocenters. The second kappa shape index (κ2) is 4.85. The van der Waals surface area contributed by atoms with E-state index in [1.165, 1.54) is 11.1 Å². The minimum absolute atomic E-state index is 0.547. The van der Waals surface area contributed by atoms with E-state index in [0.29, 0.717) is 13.1 Å². The number of rotatable bonds is 4. The highest BCUT2D eigenvalue weighted by atomic mass is 15.5. The predicted octanol–water partition coefficient (Wildman–Crippen LogP) is 0.531. The summed E-state index contributed by atoms with van der Waals surface area (Å²) in [7, 11) is 0. The molecule has 0 bridgehead atoms. The predicted molar refractivity (Wildman–Crippen MR) is 60.9 cm³/mol. The van der Waals surface area contributed by atoms with Gasteiger partial charge in [-0.15, -0.1) is 5.10 Å². The molecule has 0 radical (unpaired) electrons. The van der Waals surface area contributed by atoms with Crippen molar-refractivity contribution in [3.05, 3.63) is 41.2 Å². The summed E-state index contributed by atoms with van der Waals surface area (Å²) >= 11 is 0. The Balaban J connectivity index is 2.17. The second-order valence-corrected chi connectivity index (χ2v) is 3.77. The largest absolute Gasteiger partial charge is 0.329 e. The summed E-state index contributed by atoms with van der Waals surface area (Å²) < 4.78 is 1.75. The van der Waals surface area contributed by atoms with Crippen molar-refractivity contribution in [1.29, 1.82) is 0 Å². The van der Waals surface area contributed by atoms with E-state index in [0.717, 1.165) is 12.2 Å². The van der Waals surface area contributed by atoms with Crippen LogP contribution < -0.4 is 5.73 Å². The topological polar surface area (TPSA) is 69.6 Å². The molecule has 2 rings (SSSR count). The Labute approximate surface area is 94.3 Å². The van der Waals surface area contributed by atoms with Crippen LogP contribution in [0.4, 0.5) is 0 Å². The summed E-state index contributed by atoms with van der Waals surface area (Å²) in [5.74, 6) is 0.857. The van der Waals surface area contributed by atoms with Crippen LogP contribution in [0.15, 0.2) is 24.3 Å². The molecular weight excluding hydrogens is 202 g/mol. The molecule has 0 aliphatic carbocycles. The van der Waals surface area contributed by atoms with Crippen molar-refractivity contribution in [3.63, 3.8) is 0 Å². The van der Waals surface area contributed by atoms with Gasteiger partial charge in [-0.1, -0.05) is 29.8 Å². The van der Waals surface area contributed by atoms with Crippen LogP contribution in [-0.2, 0) is 13.0 Å². The van der Waals surface area contributed by atoms with Gasteiger partial charge in [0.2, 0.25) is 0 Å². The Hall–Kier alpha value is -1.75. The number of benzene rings is 1. The monoisotopic (exact) mass is 217 g/mol. The van der Waals surface area contributed by atoms with E-state index in [1.54, 1.807) is 4.68 Å². The summed E-state index contributed by atoms with van der Waals surface area (Å²) in [4.78, 5) is 0. The van der Waals surface area contributed by atoms with Crippen LogP contribution in [0.2, 0.25) is 0 Å². The number of hydrogen-bond acceptors (Lipinski definition) is 4. The van der Waals surface area contributed by atoms with E-state index < -0.39 is 0 Å². The van der Waals surface area contributed by atoms with Gasteiger partial charge in [-0.2, -0.15) is 0 Å². The van der Waals surface area contributed by atoms with Gasteiger partial charge >= 0.3 is 0 Å². The zero-order valence-electron chi connectivity index (χ0n) is 9.30. The zero-order valence-corrected chi connectivity index (χ0v) is 9.30. The molecule has 2 aromatic rings. The Bertz CT molecular complexity index is 463. The average molecular weight is 217 g/mol. The number of tetrazole rings is 1. The summed E-state index contributed by atoms with van der Waals surface area (Å²) in [5, 5.41) is 11.6. The summed E-state index contributed by atoms with van der Waals surface area (Å²) in [6.07, 6.45) is 0.745. The number of nitrogens with zero attached hydrogens (tertiary/aromatic N) is 4. The van der Waals surface area contributed by atoms with Gasteiger partial charge in [0, 0.05) is 13.0 Å². The van der Waals surface area contributed by atoms with Gasteiger partial charge in [0.05, 0.1) is 6.54 Å². The first-order valence-corrected chi connectivity index (χ1v) is 5.30. The third-order valence-electron chi connectivity index (χ3n) is 2.39. The average Bonchev–Trinajstić information content (AvgIpc) is 2.66. The van der Waals surface area contributed by atoms with E-state index in [9.17, 15) is 0 Å². The molecule has 5 heteroatoms. The minimum Gasteiger partial charge on any atom is -0.329 e.